The lowest BCUT2D eigenvalue weighted by Gasteiger charge is -2.27. The summed E-state index contributed by atoms with van der Waals surface area (Å²) in [4.78, 5) is 78.1. The van der Waals surface area contributed by atoms with Crippen molar-refractivity contribution in [3.8, 4) is 5.75 Å². The predicted molar refractivity (Wildman–Crippen MR) is 160 cm³/mol. The van der Waals surface area contributed by atoms with Gasteiger partial charge in [-0.15, -0.1) is 0 Å². The van der Waals surface area contributed by atoms with E-state index in [-0.39, 0.29) is 52.9 Å². The van der Waals surface area contributed by atoms with Gasteiger partial charge < -0.3 is 26.0 Å². The molecule has 5 N–H and O–H groups in total. The Morgan fingerprint density at radius 2 is 1.89 bits per heavy atom. The highest BCUT2D eigenvalue weighted by Crippen LogP contribution is 2.32. The molecule has 1 unspecified atom stereocenters. The molecule has 45 heavy (non-hydrogen) atoms. The van der Waals surface area contributed by atoms with Gasteiger partial charge in [-0.3, -0.25) is 39.0 Å². The third kappa shape index (κ3) is 6.59. The van der Waals surface area contributed by atoms with Gasteiger partial charge in [0.15, 0.2) is 5.82 Å². The molecule has 2 aromatic carbocycles. The summed E-state index contributed by atoms with van der Waals surface area (Å²) in [7, 11) is 1.39. The Morgan fingerprint density at radius 3 is 2.64 bits per heavy atom. The molecule has 0 aliphatic carbocycles. The minimum atomic E-state index is -1.03. The number of nitrogens with one attached hydrogen (secondary N) is 3. The van der Waals surface area contributed by atoms with Crippen molar-refractivity contribution in [2.75, 3.05) is 37.8 Å². The number of imide groups is 2. The largest absolute Gasteiger partial charge is 0.497 e. The fourth-order valence-electron chi connectivity index (χ4n) is 5.89. The molecule has 238 valence electrons. The molecule has 6 amide bonds. The van der Waals surface area contributed by atoms with Crippen LogP contribution in [0.4, 0.5) is 15.8 Å². The number of nitrogens with two attached hydrogens (primary N) is 1. The Kier molecular flexibility index (Phi) is 9.30. The van der Waals surface area contributed by atoms with Gasteiger partial charge in [-0.2, -0.15) is 0 Å². The molecule has 0 spiro atoms. The summed E-state index contributed by atoms with van der Waals surface area (Å²) >= 11 is 0. The van der Waals surface area contributed by atoms with E-state index in [1.54, 1.807) is 23.1 Å². The van der Waals surface area contributed by atoms with Crippen molar-refractivity contribution in [2.24, 2.45) is 0 Å². The number of carbonyl (C=O) groups is 6. The molecule has 2 atom stereocenters. The van der Waals surface area contributed by atoms with Gasteiger partial charge in [-0.1, -0.05) is 12.5 Å². The number of ether oxygens (including phenoxy) is 1. The van der Waals surface area contributed by atoms with Crippen molar-refractivity contribution in [2.45, 2.75) is 57.0 Å². The van der Waals surface area contributed by atoms with Gasteiger partial charge in [0.2, 0.25) is 17.7 Å². The zero-order valence-corrected chi connectivity index (χ0v) is 24.8. The highest BCUT2D eigenvalue weighted by Gasteiger charge is 2.45. The van der Waals surface area contributed by atoms with E-state index < -0.39 is 41.4 Å². The number of piperidine rings is 1. The van der Waals surface area contributed by atoms with E-state index in [9.17, 15) is 33.2 Å². The summed E-state index contributed by atoms with van der Waals surface area (Å²) < 4.78 is 19.5. The third-order valence-corrected chi connectivity index (χ3v) is 8.28. The first-order chi connectivity index (χ1) is 21.6. The first kappa shape index (κ1) is 31.4. The lowest BCUT2D eigenvalue weighted by atomic mass is 10.0. The quantitative estimate of drug-likeness (QED) is 0.165. The first-order valence-electron chi connectivity index (χ1n) is 14.9. The number of benzene rings is 2. The molecule has 0 bridgehead atoms. The SMILES string of the molecule is COc1cc(N)c(F)c(C(=O)N[C@@H]2CCN(C(=O)CCCCCNc3cccc4c3C(=O)N(C3CCC(=O)NC3=O)C4=O)C2)c1. The Hall–Kier alpha value is -5.01. The zero-order valence-electron chi connectivity index (χ0n) is 24.8. The number of methoxy groups -OCH3 is 1. The van der Waals surface area contributed by atoms with Crippen molar-refractivity contribution in [3.05, 3.63) is 52.8 Å². The molecule has 2 fully saturated rings. The molecule has 14 heteroatoms. The number of carbonyl (C=O) groups excluding carboxylic acids is 6. The molecule has 0 saturated carbocycles. The molecular weight excluding hydrogens is 587 g/mol. The lowest BCUT2D eigenvalue weighted by molar-refractivity contribution is -0.136. The highest BCUT2D eigenvalue weighted by molar-refractivity contribution is 6.25. The number of halogens is 1. The average Bonchev–Trinajstić information content (AvgIpc) is 3.58. The summed E-state index contributed by atoms with van der Waals surface area (Å²) in [5.41, 5.74) is 6.13. The van der Waals surface area contributed by atoms with Crippen LogP contribution in [0.25, 0.3) is 0 Å². The Bertz CT molecular complexity index is 1560. The van der Waals surface area contributed by atoms with E-state index in [2.05, 4.69) is 16.0 Å². The van der Waals surface area contributed by atoms with Crippen molar-refractivity contribution in [3.63, 3.8) is 0 Å². The Balaban J connectivity index is 1.05. The van der Waals surface area contributed by atoms with Gasteiger partial charge in [0.25, 0.3) is 17.7 Å². The summed E-state index contributed by atoms with van der Waals surface area (Å²) in [6.07, 6.45) is 3.08. The number of nitrogens with zero attached hydrogens (tertiary/aromatic N) is 2. The number of fused-ring (bicyclic) bond motifs is 1. The van der Waals surface area contributed by atoms with Crippen LogP contribution in [-0.2, 0) is 14.4 Å². The molecule has 13 nitrogen and oxygen atoms in total. The highest BCUT2D eigenvalue weighted by atomic mass is 19.1. The van der Waals surface area contributed by atoms with Crippen LogP contribution in [-0.4, -0.2) is 84.1 Å². The standard InChI is InChI=1S/C31H35FN6O7/c1-45-18-14-20(27(32)21(33)15-18)28(41)35-17-11-13-37(16-17)25(40)8-3-2-4-12-34-22-7-5-6-19-26(22)31(44)38(30(19)43)23-9-10-24(39)36-29(23)42/h5-7,14-15,17,23,34H,2-4,8-13,16,33H2,1H3,(H,35,41)(H,36,39,42)/t17-,23?/m1/s1. The minimum Gasteiger partial charge on any atom is -0.497 e. The van der Waals surface area contributed by atoms with Crippen LogP contribution in [0.5, 0.6) is 5.75 Å². The maximum atomic E-state index is 14.4. The fraction of sp³-hybridized carbons (Fsp3) is 0.419. The second-order valence-corrected chi connectivity index (χ2v) is 11.3. The molecule has 3 aliphatic heterocycles. The van der Waals surface area contributed by atoms with Gasteiger partial charge >= 0.3 is 0 Å². The third-order valence-electron chi connectivity index (χ3n) is 8.28. The number of hydrogen-bond acceptors (Lipinski definition) is 9. The lowest BCUT2D eigenvalue weighted by Crippen LogP contribution is -2.54. The van der Waals surface area contributed by atoms with Crippen LogP contribution < -0.4 is 26.4 Å². The van der Waals surface area contributed by atoms with Crippen molar-refractivity contribution in [1.29, 1.82) is 0 Å². The molecular formula is C31H35FN6O7. The van der Waals surface area contributed by atoms with E-state index in [0.717, 1.165) is 11.3 Å². The maximum absolute atomic E-state index is 14.4. The normalized spacial score (nSPS) is 19.4. The number of unbranched alkanes of at least 4 members (excludes halogenated alkanes) is 2. The van der Waals surface area contributed by atoms with Crippen molar-refractivity contribution >= 4 is 46.8 Å². The summed E-state index contributed by atoms with van der Waals surface area (Å²) in [5, 5.41) is 8.16. The van der Waals surface area contributed by atoms with E-state index in [1.165, 1.54) is 19.2 Å². The van der Waals surface area contributed by atoms with E-state index in [1.807, 2.05) is 0 Å². The van der Waals surface area contributed by atoms with Gasteiger partial charge in [0.05, 0.1) is 29.5 Å². The molecule has 5 rings (SSSR count). The fourth-order valence-corrected chi connectivity index (χ4v) is 5.89. The van der Waals surface area contributed by atoms with Crippen LogP contribution in [0.15, 0.2) is 30.3 Å². The van der Waals surface area contributed by atoms with Crippen LogP contribution in [0.1, 0.15) is 76.0 Å². The van der Waals surface area contributed by atoms with Crippen molar-refractivity contribution in [1.82, 2.24) is 20.4 Å². The second kappa shape index (κ2) is 13.3. The van der Waals surface area contributed by atoms with Crippen LogP contribution in [0, 0.1) is 5.82 Å². The predicted octanol–water partition coefficient (Wildman–Crippen LogP) is 1.82. The van der Waals surface area contributed by atoms with Gasteiger partial charge in [-0.25, -0.2) is 4.39 Å². The Morgan fingerprint density at radius 1 is 1.09 bits per heavy atom. The number of rotatable bonds is 11. The Labute approximate surface area is 258 Å². The van der Waals surface area contributed by atoms with E-state index in [0.29, 0.717) is 51.0 Å². The molecule has 3 heterocycles. The molecule has 0 radical (unpaired) electrons. The number of hydrogen-bond donors (Lipinski definition) is 4. The zero-order chi connectivity index (χ0) is 32.2. The first-order valence-corrected chi connectivity index (χ1v) is 14.9. The second-order valence-electron chi connectivity index (χ2n) is 11.3. The summed E-state index contributed by atoms with van der Waals surface area (Å²) in [6, 6.07) is 6.14. The van der Waals surface area contributed by atoms with E-state index in [4.69, 9.17) is 10.5 Å². The number of likely N-dealkylation sites (tertiary alicyclic amines) is 1. The number of anilines is 2. The van der Waals surface area contributed by atoms with Gasteiger partial charge in [0.1, 0.15) is 11.8 Å². The molecule has 2 saturated heterocycles. The van der Waals surface area contributed by atoms with Gasteiger partial charge in [0, 0.05) is 50.3 Å². The minimum absolute atomic E-state index is 0.0324. The van der Waals surface area contributed by atoms with Crippen LogP contribution >= 0.6 is 0 Å². The number of amides is 6. The average molecular weight is 623 g/mol. The summed E-state index contributed by atoms with van der Waals surface area (Å²) in [5.74, 6) is -3.43. The maximum Gasteiger partial charge on any atom is 0.264 e. The van der Waals surface area contributed by atoms with Crippen LogP contribution in [0.2, 0.25) is 0 Å². The number of nitrogen functional groups attached to an aromatic ring is 1. The van der Waals surface area contributed by atoms with E-state index >= 15 is 0 Å². The monoisotopic (exact) mass is 622 g/mol. The molecule has 0 aromatic heterocycles. The molecule has 3 aliphatic rings. The van der Waals surface area contributed by atoms with Crippen LogP contribution in [0.3, 0.4) is 0 Å². The van der Waals surface area contributed by atoms with Crippen molar-refractivity contribution < 1.29 is 37.9 Å². The topological polar surface area (TPSA) is 180 Å². The van der Waals surface area contributed by atoms with Gasteiger partial charge in [-0.05, 0) is 43.9 Å². The summed E-state index contributed by atoms with van der Waals surface area (Å²) in [6.45, 7) is 1.30. The smallest absolute Gasteiger partial charge is 0.264 e. The molecule has 2 aromatic rings.